The number of hydrogen-bond donors (Lipinski definition) is 2. The molecule has 1 unspecified atom stereocenters. The first-order valence-electron chi connectivity index (χ1n) is 2.40. The first kappa shape index (κ1) is 7.46. The van der Waals surface area contributed by atoms with Crippen LogP contribution >= 0.6 is 0 Å². The Kier molecular flexibility index (Phi) is 4.30. The van der Waals surface area contributed by atoms with Gasteiger partial charge < -0.3 is 15.6 Å². The first-order valence-corrected chi connectivity index (χ1v) is 2.40. The second-order valence-corrected chi connectivity index (χ2v) is 1.44. The molecule has 0 heterocycles. The van der Waals surface area contributed by atoms with E-state index >= 15 is 0 Å². The Bertz CT molecular complexity index is 65.4. The Balaban J connectivity index is 2.97. The third kappa shape index (κ3) is 3.64. The lowest BCUT2D eigenvalue weighted by Crippen LogP contribution is -2.28. The molecule has 0 aliphatic carbocycles. The molecule has 0 aromatic carbocycles. The Morgan fingerprint density at radius 3 is 2.88 bits per heavy atom. The summed E-state index contributed by atoms with van der Waals surface area (Å²) in [6, 6.07) is -0.284. The van der Waals surface area contributed by atoms with Crippen molar-refractivity contribution in [1.29, 1.82) is 0 Å². The van der Waals surface area contributed by atoms with Gasteiger partial charge in [0.15, 0.2) is 0 Å². The summed E-state index contributed by atoms with van der Waals surface area (Å²) in [7, 11) is 0. The quantitative estimate of drug-likeness (QED) is 0.486. The molecule has 0 fully saturated rings. The lowest BCUT2D eigenvalue weighted by atomic mass is 10.4. The van der Waals surface area contributed by atoms with Gasteiger partial charge in [0.2, 0.25) is 0 Å². The zero-order valence-corrected chi connectivity index (χ0v) is 4.71. The van der Waals surface area contributed by atoms with Crippen LogP contribution in [0.1, 0.15) is 0 Å². The second kappa shape index (κ2) is 4.61. The van der Waals surface area contributed by atoms with Crippen molar-refractivity contribution in [3.05, 3.63) is 12.8 Å². The van der Waals surface area contributed by atoms with E-state index in [2.05, 4.69) is 11.3 Å². The summed E-state index contributed by atoms with van der Waals surface area (Å²) in [5.41, 5.74) is 5.24. The van der Waals surface area contributed by atoms with Crippen molar-refractivity contribution in [3.63, 3.8) is 0 Å². The zero-order chi connectivity index (χ0) is 6.41. The van der Waals surface area contributed by atoms with E-state index in [1.807, 2.05) is 0 Å². The van der Waals surface area contributed by atoms with E-state index in [1.54, 1.807) is 0 Å². The van der Waals surface area contributed by atoms with E-state index in [9.17, 15) is 0 Å². The molecule has 3 heteroatoms. The molecule has 0 saturated carbocycles. The average molecular weight is 117 g/mol. The summed E-state index contributed by atoms with van der Waals surface area (Å²) in [5.74, 6) is 0. The van der Waals surface area contributed by atoms with Gasteiger partial charge in [0, 0.05) is 0 Å². The SMILES string of the molecule is C=COCC(N)CO. The topological polar surface area (TPSA) is 55.5 Å². The van der Waals surface area contributed by atoms with Crippen LogP contribution in [0.25, 0.3) is 0 Å². The molecule has 0 spiro atoms. The number of rotatable bonds is 4. The summed E-state index contributed by atoms with van der Waals surface area (Å²) >= 11 is 0. The van der Waals surface area contributed by atoms with Crippen molar-refractivity contribution in [2.24, 2.45) is 5.73 Å². The Hall–Kier alpha value is -0.540. The van der Waals surface area contributed by atoms with Crippen molar-refractivity contribution < 1.29 is 9.84 Å². The molecule has 0 rings (SSSR count). The molecule has 8 heavy (non-hydrogen) atoms. The fraction of sp³-hybridized carbons (Fsp3) is 0.600. The fourth-order valence-electron chi connectivity index (χ4n) is 0.244. The number of aliphatic hydroxyl groups is 1. The molecule has 48 valence electrons. The van der Waals surface area contributed by atoms with Gasteiger partial charge in [0.1, 0.15) is 6.61 Å². The highest BCUT2D eigenvalue weighted by atomic mass is 16.5. The van der Waals surface area contributed by atoms with Crippen molar-refractivity contribution in [2.75, 3.05) is 13.2 Å². The van der Waals surface area contributed by atoms with Gasteiger partial charge in [-0.3, -0.25) is 0 Å². The van der Waals surface area contributed by atoms with Crippen LogP contribution < -0.4 is 5.73 Å². The van der Waals surface area contributed by atoms with E-state index in [4.69, 9.17) is 10.8 Å². The third-order valence-electron chi connectivity index (χ3n) is 0.663. The van der Waals surface area contributed by atoms with E-state index < -0.39 is 0 Å². The minimum absolute atomic E-state index is 0.0478. The number of hydrogen-bond acceptors (Lipinski definition) is 3. The molecule has 3 nitrogen and oxygen atoms in total. The highest BCUT2D eigenvalue weighted by Gasteiger charge is 1.95. The average Bonchev–Trinajstić information content (AvgIpc) is 1.83. The van der Waals surface area contributed by atoms with Crippen molar-refractivity contribution in [3.8, 4) is 0 Å². The summed E-state index contributed by atoms with van der Waals surface area (Å²) < 4.78 is 4.67. The van der Waals surface area contributed by atoms with Gasteiger partial charge in [0.05, 0.1) is 18.9 Å². The zero-order valence-electron chi connectivity index (χ0n) is 4.71. The molecule has 0 amide bonds. The summed E-state index contributed by atoms with van der Waals surface area (Å²) in [6.45, 7) is 3.59. The maximum absolute atomic E-state index is 8.32. The van der Waals surface area contributed by atoms with Gasteiger partial charge in [0.25, 0.3) is 0 Å². The Labute approximate surface area is 48.8 Å². The molecule has 3 N–H and O–H groups in total. The predicted molar refractivity (Wildman–Crippen MR) is 31.2 cm³/mol. The molecule has 0 saturated heterocycles. The van der Waals surface area contributed by atoms with Gasteiger partial charge in [-0.05, 0) is 0 Å². The molecule has 0 aromatic heterocycles. The Morgan fingerprint density at radius 2 is 2.50 bits per heavy atom. The van der Waals surface area contributed by atoms with Gasteiger partial charge in [-0.2, -0.15) is 0 Å². The predicted octanol–water partition coefficient (Wildman–Crippen LogP) is -0.534. The monoisotopic (exact) mass is 117 g/mol. The molecule has 0 aromatic rings. The minimum Gasteiger partial charge on any atom is -0.500 e. The summed E-state index contributed by atoms with van der Waals surface area (Å²) in [6.07, 6.45) is 1.30. The van der Waals surface area contributed by atoms with Crippen LogP contribution in [0.3, 0.4) is 0 Å². The minimum atomic E-state index is -0.284. The van der Waals surface area contributed by atoms with Crippen LogP contribution in [0, 0.1) is 0 Å². The number of aliphatic hydroxyl groups excluding tert-OH is 1. The first-order chi connectivity index (χ1) is 3.81. The molecule has 0 bridgehead atoms. The molecule has 0 aliphatic heterocycles. The van der Waals surface area contributed by atoms with E-state index in [-0.39, 0.29) is 12.6 Å². The normalized spacial score (nSPS) is 12.8. The third-order valence-corrected chi connectivity index (χ3v) is 0.663. The van der Waals surface area contributed by atoms with Crippen LogP contribution in [0.2, 0.25) is 0 Å². The van der Waals surface area contributed by atoms with Crippen molar-refractivity contribution in [2.45, 2.75) is 6.04 Å². The lowest BCUT2D eigenvalue weighted by Gasteiger charge is -2.04. The largest absolute Gasteiger partial charge is 0.500 e. The number of ether oxygens (including phenoxy) is 1. The van der Waals surface area contributed by atoms with Crippen LogP contribution in [0.4, 0.5) is 0 Å². The number of nitrogens with two attached hydrogens (primary N) is 1. The van der Waals surface area contributed by atoms with Crippen LogP contribution in [0.5, 0.6) is 0 Å². The molecule has 1 atom stereocenters. The highest BCUT2D eigenvalue weighted by molar-refractivity contribution is 4.59. The van der Waals surface area contributed by atoms with E-state index in [1.165, 1.54) is 6.26 Å². The van der Waals surface area contributed by atoms with Gasteiger partial charge >= 0.3 is 0 Å². The van der Waals surface area contributed by atoms with Crippen LogP contribution in [-0.2, 0) is 4.74 Å². The molecule has 0 radical (unpaired) electrons. The van der Waals surface area contributed by atoms with Crippen LogP contribution in [-0.4, -0.2) is 24.4 Å². The maximum Gasteiger partial charge on any atom is 0.105 e. The Morgan fingerprint density at radius 1 is 1.88 bits per heavy atom. The fourth-order valence-corrected chi connectivity index (χ4v) is 0.244. The maximum atomic E-state index is 8.32. The summed E-state index contributed by atoms with van der Waals surface area (Å²) in [5, 5.41) is 8.32. The highest BCUT2D eigenvalue weighted by Crippen LogP contribution is 1.78. The standard InChI is InChI=1S/C5H11NO2/c1-2-8-4-5(6)3-7/h2,5,7H,1,3-4,6H2. The van der Waals surface area contributed by atoms with Gasteiger partial charge in [-0.25, -0.2) is 0 Å². The van der Waals surface area contributed by atoms with Gasteiger partial charge in [-0.1, -0.05) is 6.58 Å². The smallest absolute Gasteiger partial charge is 0.105 e. The van der Waals surface area contributed by atoms with Gasteiger partial charge in [-0.15, -0.1) is 0 Å². The second-order valence-electron chi connectivity index (χ2n) is 1.44. The molecular formula is C5H11NO2. The van der Waals surface area contributed by atoms with Crippen molar-refractivity contribution >= 4 is 0 Å². The molecule has 0 aliphatic rings. The van der Waals surface area contributed by atoms with Crippen molar-refractivity contribution in [1.82, 2.24) is 0 Å². The molecular weight excluding hydrogens is 106 g/mol. The van der Waals surface area contributed by atoms with E-state index in [0.29, 0.717) is 6.61 Å². The summed E-state index contributed by atoms with van der Waals surface area (Å²) in [4.78, 5) is 0. The van der Waals surface area contributed by atoms with Crippen LogP contribution in [0.15, 0.2) is 12.8 Å². The lowest BCUT2D eigenvalue weighted by molar-refractivity contribution is 0.176. The van der Waals surface area contributed by atoms with E-state index in [0.717, 1.165) is 0 Å².